The maximum atomic E-state index is 16.0. The molecule has 6 atom stereocenters. The molecule has 88 heavy (non-hydrogen) atoms. The third kappa shape index (κ3) is 20.6. The van der Waals surface area contributed by atoms with E-state index in [1.165, 1.54) is 0 Å². The van der Waals surface area contributed by atoms with Crippen molar-refractivity contribution in [2.24, 2.45) is 0 Å². The summed E-state index contributed by atoms with van der Waals surface area (Å²) in [7, 11) is -20.0. The van der Waals surface area contributed by atoms with Crippen molar-refractivity contribution in [2.45, 2.75) is 103 Å². The Hall–Kier alpha value is -5.88. The average Bonchev–Trinajstić information content (AvgIpc) is 1.10. The Labute approximate surface area is 514 Å². The van der Waals surface area contributed by atoms with E-state index >= 15 is 18.3 Å². The normalized spacial score (nSPS) is 18.2. The van der Waals surface area contributed by atoms with E-state index in [-0.39, 0.29) is 66.1 Å². The number of hydrogen-bond donors (Lipinski definition) is 0. The molecule has 18 nitrogen and oxygen atoms in total. The van der Waals surface area contributed by atoms with E-state index in [1.54, 1.807) is 208 Å². The lowest BCUT2D eigenvalue weighted by Gasteiger charge is -2.50. The van der Waals surface area contributed by atoms with Gasteiger partial charge in [-0.1, -0.05) is 243 Å². The van der Waals surface area contributed by atoms with Crippen LogP contribution in [-0.2, 0) is 135 Å². The molecule has 1 aliphatic rings. The predicted octanol–water partition coefficient (Wildman–Crippen LogP) is 16.5. The number of phosphoric acid groups is 4. The second-order valence-corrected chi connectivity index (χ2v) is 26.5. The van der Waals surface area contributed by atoms with Crippen LogP contribution in [0.3, 0.4) is 0 Å². The summed E-state index contributed by atoms with van der Waals surface area (Å²) in [5, 5.41) is 0. The first-order chi connectivity index (χ1) is 42.9. The van der Waals surface area contributed by atoms with Crippen LogP contribution in [0, 0.1) is 0 Å². The van der Waals surface area contributed by atoms with Gasteiger partial charge in [-0.2, -0.15) is 0 Å². The lowest BCUT2D eigenvalue weighted by Crippen LogP contribution is -2.67. The molecule has 8 aromatic carbocycles. The number of benzene rings is 8. The molecule has 1 fully saturated rings. The Bertz CT molecular complexity index is 2830. The number of phosphoric ester groups is 4. The van der Waals surface area contributed by atoms with Crippen molar-refractivity contribution >= 4 is 31.3 Å². The zero-order valence-electron chi connectivity index (χ0n) is 48.8. The molecule has 1 saturated carbocycles. The monoisotopic (exact) mass is 1280 g/mol. The van der Waals surface area contributed by atoms with Gasteiger partial charge in [-0.3, -0.25) is 54.3 Å². The molecule has 1 aliphatic carbocycles. The molecule has 9 rings (SSSR count). The third-order valence-electron chi connectivity index (χ3n) is 13.5. The summed E-state index contributed by atoms with van der Waals surface area (Å²) in [5.74, 6) is 0. The molecule has 0 heterocycles. The van der Waals surface area contributed by atoms with Crippen LogP contribution in [0.1, 0.15) is 58.4 Å². The Balaban J connectivity index is 1.23. The highest BCUT2D eigenvalue weighted by Crippen LogP contribution is 2.63. The summed E-state index contributed by atoms with van der Waals surface area (Å²) in [5.41, 5.74) is 4.75. The topological polar surface area (TPSA) is 197 Å². The molecule has 0 aromatic heterocycles. The second-order valence-electron chi connectivity index (χ2n) is 20.0. The fraction of sp³-hybridized carbons (Fsp3) is 0.273. The fourth-order valence-corrected chi connectivity index (χ4v) is 14.6. The molecule has 0 unspecified atom stereocenters. The zero-order chi connectivity index (χ0) is 61.3. The smallest absolute Gasteiger partial charge is 0.373 e. The first-order valence-corrected chi connectivity index (χ1v) is 34.6. The van der Waals surface area contributed by atoms with Crippen molar-refractivity contribution in [1.82, 2.24) is 0 Å². The molecule has 0 bridgehead atoms. The summed E-state index contributed by atoms with van der Waals surface area (Å²) >= 11 is 0. The van der Waals surface area contributed by atoms with Gasteiger partial charge in [-0.05, 0) is 58.4 Å². The van der Waals surface area contributed by atoms with Crippen LogP contribution in [-0.4, -0.2) is 49.8 Å². The van der Waals surface area contributed by atoms with E-state index in [0.717, 1.165) is 0 Å². The van der Waals surface area contributed by atoms with E-state index < -0.39 is 67.9 Å². The maximum Gasteiger partial charge on any atom is 0.475 e. The lowest BCUT2D eigenvalue weighted by atomic mass is 9.84. The number of hydrogen-bond acceptors (Lipinski definition) is 18. The van der Waals surface area contributed by atoms with Gasteiger partial charge in [0.05, 0.1) is 52.9 Å². The van der Waals surface area contributed by atoms with Crippen LogP contribution < -0.4 is 0 Å². The summed E-state index contributed by atoms with van der Waals surface area (Å²) in [6, 6.07) is 71.3. The molecule has 22 heteroatoms. The Morgan fingerprint density at radius 2 is 0.364 bits per heavy atom. The van der Waals surface area contributed by atoms with Gasteiger partial charge in [-0.15, -0.1) is 0 Å². The maximum absolute atomic E-state index is 16.0. The molecule has 0 saturated heterocycles. The van der Waals surface area contributed by atoms with E-state index in [1.807, 2.05) is 48.5 Å². The van der Waals surface area contributed by atoms with E-state index in [4.69, 9.17) is 63.8 Å². The van der Waals surface area contributed by atoms with Gasteiger partial charge in [0.25, 0.3) is 0 Å². The van der Waals surface area contributed by atoms with Crippen molar-refractivity contribution in [3.63, 3.8) is 0 Å². The molecule has 0 amide bonds. The van der Waals surface area contributed by atoms with Crippen LogP contribution in [0.2, 0.25) is 0 Å². The van der Waals surface area contributed by atoms with Gasteiger partial charge >= 0.3 is 31.3 Å². The summed E-state index contributed by atoms with van der Waals surface area (Å²) in [4.78, 5) is 0. The van der Waals surface area contributed by atoms with Gasteiger partial charge in [0, 0.05) is 13.2 Å². The Morgan fingerprint density at radius 1 is 0.227 bits per heavy atom. The molecule has 0 radical (unpaired) electrons. The van der Waals surface area contributed by atoms with Crippen LogP contribution in [0.15, 0.2) is 243 Å². The third-order valence-corrected chi connectivity index (χ3v) is 19.1. The van der Waals surface area contributed by atoms with Gasteiger partial charge in [0.15, 0.2) is 0 Å². The lowest BCUT2D eigenvalue weighted by molar-refractivity contribution is -0.234. The van der Waals surface area contributed by atoms with Crippen LogP contribution in [0.4, 0.5) is 0 Å². The van der Waals surface area contributed by atoms with Gasteiger partial charge < -0.3 is 9.47 Å². The molecular weight excluding hydrogens is 1200 g/mol. The number of ether oxygens (including phenoxy) is 2. The Kier molecular flexibility index (Phi) is 25.6. The quantitative estimate of drug-likeness (QED) is 0.0336. The summed E-state index contributed by atoms with van der Waals surface area (Å²) in [6.45, 7) is 0.502. The van der Waals surface area contributed by atoms with Crippen molar-refractivity contribution < 1.29 is 82.0 Å². The second kappa shape index (κ2) is 33.8. The van der Waals surface area contributed by atoms with Crippen LogP contribution in [0.25, 0.3) is 0 Å². The minimum atomic E-state index is -5.01. The standard InChI is InChI=1S/C66H72O18P4/c1-3-71-61-63(81-85(67,73-45-53-29-13-5-14-30-53)74-46-54-31-15-6-16-32-54)65(83-87(69,77-49-57-37-21-9-22-38-57)78-50-58-39-23-10-24-40-58)62(72-4-2)66(84-88(70,79-51-59-41-25-11-26-42-59)80-52-60-43-27-12-28-44-60)64(61)82-86(68,75-47-55-33-17-7-18-34-55)76-48-56-35-19-8-20-36-56/h5-44,61-66H,3-4,45-52H2,1-2H3/t61-,62+,63-,64+,65-,66+. The zero-order valence-corrected chi connectivity index (χ0v) is 52.3. The van der Waals surface area contributed by atoms with E-state index in [0.29, 0.717) is 44.5 Å². The Morgan fingerprint density at radius 3 is 0.489 bits per heavy atom. The fourth-order valence-electron chi connectivity index (χ4n) is 9.18. The molecule has 0 N–H and O–H groups in total. The molecule has 8 aromatic rings. The van der Waals surface area contributed by atoms with Crippen molar-refractivity contribution in [3.8, 4) is 0 Å². The summed E-state index contributed by atoms with van der Waals surface area (Å²) in [6.07, 6.45) is -11.2. The largest absolute Gasteiger partial charge is 0.475 e. The molecule has 0 aliphatic heterocycles. The molecule has 464 valence electrons. The van der Waals surface area contributed by atoms with Gasteiger partial charge in [0.1, 0.15) is 36.6 Å². The minimum Gasteiger partial charge on any atom is -0.373 e. The number of rotatable bonds is 36. The van der Waals surface area contributed by atoms with Crippen molar-refractivity contribution in [2.75, 3.05) is 13.2 Å². The minimum absolute atomic E-state index is 0.178. The first-order valence-electron chi connectivity index (χ1n) is 28.8. The predicted molar refractivity (Wildman–Crippen MR) is 331 cm³/mol. The SMILES string of the molecule is CCO[C@@H]1[C@@H](OP(=O)(OCc2ccccc2)OCc2ccccc2)[C@H](OP(=O)(OCc2ccccc2)OCc2ccccc2)[C@H](OCC)[C@H](OP(=O)(OCc2ccccc2)OCc2ccccc2)[C@H]1OP(=O)(OCc1ccccc1)OCc1ccccc1. The molecular formula is C66H72O18P4. The van der Waals surface area contributed by atoms with Crippen LogP contribution in [0.5, 0.6) is 0 Å². The van der Waals surface area contributed by atoms with Crippen molar-refractivity contribution in [3.05, 3.63) is 287 Å². The highest BCUT2D eigenvalue weighted by molar-refractivity contribution is 7.49. The van der Waals surface area contributed by atoms with Crippen LogP contribution >= 0.6 is 31.3 Å². The molecule has 0 spiro atoms. The average molecular weight is 1280 g/mol. The first kappa shape index (κ1) is 66.5. The van der Waals surface area contributed by atoms with Gasteiger partial charge in [0.2, 0.25) is 0 Å². The van der Waals surface area contributed by atoms with Gasteiger partial charge in [-0.25, -0.2) is 18.3 Å². The summed E-state index contributed by atoms with van der Waals surface area (Å²) < 4.78 is 155. The van der Waals surface area contributed by atoms with E-state index in [2.05, 4.69) is 0 Å². The van der Waals surface area contributed by atoms with E-state index in [9.17, 15) is 0 Å². The highest BCUT2D eigenvalue weighted by atomic mass is 31.2. The van der Waals surface area contributed by atoms with Crippen molar-refractivity contribution in [1.29, 1.82) is 0 Å². The highest BCUT2D eigenvalue weighted by Gasteiger charge is 2.62.